The summed E-state index contributed by atoms with van der Waals surface area (Å²) in [7, 11) is 0. The summed E-state index contributed by atoms with van der Waals surface area (Å²) in [6, 6.07) is 11.2. The van der Waals surface area contributed by atoms with Gasteiger partial charge in [-0.1, -0.05) is 38.9 Å². The Balaban J connectivity index is 1.66. The topological polar surface area (TPSA) is 51.0 Å². The molecule has 1 amide bonds. The second kappa shape index (κ2) is 8.65. The number of aromatic nitrogens is 3. The van der Waals surface area contributed by atoms with Crippen molar-refractivity contribution in [1.29, 1.82) is 0 Å². The van der Waals surface area contributed by atoms with Gasteiger partial charge in [0.2, 0.25) is 0 Å². The van der Waals surface area contributed by atoms with Crippen molar-refractivity contribution in [2.75, 3.05) is 11.4 Å². The smallest absolute Gasteiger partial charge is 0.260 e. The van der Waals surface area contributed by atoms with Gasteiger partial charge in [0, 0.05) is 40.5 Å². The lowest BCUT2D eigenvalue weighted by molar-refractivity contribution is 0.0986. The molecule has 0 saturated carbocycles. The number of aryl methyl sites for hydroxylation is 2. The lowest BCUT2D eigenvalue weighted by atomic mass is 10.2. The number of carbonyl (C=O) groups is 1. The van der Waals surface area contributed by atoms with E-state index < -0.39 is 0 Å². The number of fused-ring (bicyclic) bond motifs is 1. The third-order valence-electron chi connectivity index (χ3n) is 4.66. The lowest BCUT2D eigenvalue weighted by Crippen LogP contribution is -2.32. The van der Waals surface area contributed by atoms with E-state index in [0.29, 0.717) is 22.3 Å². The van der Waals surface area contributed by atoms with Gasteiger partial charge in [-0.2, -0.15) is 0 Å². The fourth-order valence-corrected chi connectivity index (χ4v) is 4.53. The monoisotopic (exact) mass is 488 g/mol. The third kappa shape index (κ3) is 4.37. The van der Waals surface area contributed by atoms with Crippen molar-refractivity contribution in [2.24, 2.45) is 0 Å². The fourth-order valence-electron chi connectivity index (χ4n) is 3.07. The van der Waals surface area contributed by atoms with Crippen LogP contribution in [0.3, 0.4) is 0 Å². The van der Waals surface area contributed by atoms with Crippen LogP contribution in [-0.2, 0) is 6.54 Å². The van der Waals surface area contributed by atoms with Gasteiger partial charge >= 0.3 is 0 Å². The molecule has 0 aliphatic carbocycles. The highest BCUT2D eigenvalue weighted by atomic mass is 79.9. The van der Waals surface area contributed by atoms with Crippen LogP contribution >= 0.6 is 38.9 Å². The molecule has 0 aliphatic heterocycles. The van der Waals surface area contributed by atoms with Crippen LogP contribution in [0.2, 0.25) is 5.02 Å². The molecule has 0 aliphatic rings. The summed E-state index contributed by atoms with van der Waals surface area (Å²) in [4.78, 5) is 23.9. The number of anilines is 1. The predicted octanol–water partition coefficient (Wildman–Crippen LogP) is 5.95. The van der Waals surface area contributed by atoms with Crippen molar-refractivity contribution in [2.45, 2.75) is 19.9 Å². The Labute approximate surface area is 186 Å². The first-order valence-electron chi connectivity index (χ1n) is 9.12. The van der Waals surface area contributed by atoms with E-state index in [1.54, 1.807) is 17.4 Å². The molecule has 2 aromatic heterocycles. The van der Waals surface area contributed by atoms with Gasteiger partial charge < -0.3 is 4.57 Å². The van der Waals surface area contributed by atoms with Gasteiger partial charge in [0.15, 0.2) is 5.13 Å². The highest BCUT2D eigenvalue weighted by Gasteiger charge is 2.22. The molecule has 0 N–H and O–H groups in total. The summed E-state index contributed by atoms with van der Waals surface area (Å²) in [6.07, 6.45) is 6.24. The Hall–Kier alpha value is -2.22. The minimum Gasteiger partial charge on any atom is -0.337 e. The first-order chi connectivity index (χ1) is 14.0. The molecular formula is C21H18BrClN4OS. The fraction of sp³-hybridized carbons (Fsp3) is 0.190. The number of imidazole rings is 1. The van der Waals surface area contributed by atoms with Crippen molar-refractivity contribution in [3.05, 3.63) is 75.7 Å². The highest BCUT2D eigenvalue weighted by Crippen LogP contribution is 2.34. The zero-order valence-corrected chi connectivity index (χ0v) is 18.8. The predicted molar refractivity (Wildman–Crippen MR) is 122 cm³/mol. The maximum Gasteiger partial charge on any atom is 0.260 e. The molecule has 0 unspecified atom stereocenters. The SMILES string of the molecule is Cc1c(Cl)ccc2sc(N(CCCn3ccnc3)C(=O)c3ccc(Br)cc3)nc12. The van der Waals surface area contributed by atoms with E-state index in [1.165, 1.54) is 11.3 Å². The van der Waals surface area contributed by atoms with E-state index in [-0.39, 0.29) is 5.91 Å². The van der Waals surface area contributed by atoms with Crippen molar-refractivity contribution >= 4 is 60.1 Å². The lowest BCUT2D eigenvalue weighted by Gasteiger charge is -2.20. The molecule has 5 nitrogen and oxygen atoms in total. The third-order valence-corrected chi connectivity index (χ3v) is 6.64. The standard InChI is InChI=1S/C21H18BrClN4OS/c1-14-17(23)7-8-18-19(14)25-21(29-18)27(11-2-10-26-12-9-24-13-26)20(28)15-3-5-16(22)6-4-15/h3-9,12-13H,2,10-11H2,1H3. The number of amides is 1. The van der Waals surface area contributed by atoms with E-state index in [0.717, 1.165) is 33.2 Å². The summed E-state index contributed by atoms with van der Waals surface area (Å²) in [5.41, 5.74) is 2.41. The molecule has 2 aromatic carbocycles. The molecule has 0 spiro atoms. The molecule has 4 aromatic rings. The second-order valence-electron chi connectivity index (χ2n) is 6.63. The summed E-state index contributed by atoms with van der Waals surface area (Å²) in [5, 5.41) is 1.36. The van der Waals surface area contributed by atoms with Crippen molar-refractivity contribution in [3.63, 3.8) is 0 Å². The Kier molecular flexibility index (Phi) is 5.99. The number of carbonyl (C=O) groups excluding carboxylic acids is 1. The number of hydrogen-bond donors (Lipinski definition) is 0. The van der Waals surface area contributed by atoms with E-state index in [1.807, 2.05) is 54.1 Å². The van der Waals surface area contributed by atoms with E-state index in [9.17, 15) is 4.79 Å². The van der Waals surface area contributed by atoms with Crippen LogP contribution in [0.4, 0.5) is 5.13 Å². The van der Waals surface area contributed by atoms with Gasteiger partial charge in [-0.25, -0.2) is 9.97 Å². The Morgan fingerprint density at radius 3 is 2.76 bits per heavy atom. The first kappa shape index (κ1) is 20.1. The number of nitrogens with zero attached hydrogens (tertiary/aromatic N) is 4. The van der Waals surface area contributed by atoms with Crippen LogP contribution < -0.4 is 4.90 Å². The largest absolute Gasteiger partial charge is 0.337 e. The average molecular weight is 490 g/mol. The molecule has 148 valence electrons. The molecule has 8 heteroatoms. The number of halogens is 2. The molecule has 2 heterocycles. The summed E-state index contributed by atoms with van der Waals surface area (Å²) >= 11 is 11.2. The molecular weight excluding hydrogens is 472 g/mol. The number of rotatable bonds is 6. The minimum absolute atomic E-state index is 0.0639. The van der Waals surface area contributed by atoms with Crippen molar-refractivity contribution in [3.8, 4) is 0 Å². The van der Waals surface area contributed by atoms with Crippen molar-refractivity contribution < 1.29 is 4.79 Å². The summed E-state index contributed by atoms with van der Waals surface area (Å²) in [6.45, 7) is 3.29. The van der Waals surface area contributed by atoms with E-state index in [4.69, 9.17) is 16.6 Å². The van der Waals surface area contributed by atoms with E-state index in [2.05, 4.69) is 20.9 Å². The molecule has 0 saturated heterocycles. The van der Waals surface area contributed by atoms with E-state index >= 15 is 0 Å². The van der Waals surface area contributed by atoms with Gasteiger partial charge in [0.1, 0.15) is 0 Å². The maximum absolute atomic E-state index is 13.3. The summed E-state index contributed by atoms with van der Waals surface area (Å²) in [5.74, 6) is -0.0639. The van der Waals surface area contributed by atoms with Gasteiger partial charge in [-0.05, 0) is 55.3 Å². The number of thiazole rings is 1. The van der Waals surface area contributed by atoms with Crippen LogP contribution in [0.5, 0.6) is 0 Å². The van der Waals surface area contributed by atoms with Crippen LogP contribution in [0.1, 0.15) is 22.3 Å². The molecule has 4 rings (SSSR count). The van der Waals surface area contributed by atoms with Crippen LogP contribution in [0.15, 0.2) is 59.6 Å². The maximum atomic E-state index is 13.3. The van der Waals surface area contributed by atoms with Crippen LogP contribution in [0, 0.1) is 6.92 Å². The van der Waals surface area contributed by atoms with Gasteiger partial charge in [0.05, 0.1) is 16.5 Å². The number of benzene rings is 2. The molecule has 0 fully saturated rings. The zero-order chi connectivity index (χ0) is 20.4. The van der Waals surface area contributed by atoms with Crippen LogP contribution in [0.25, 0.3) is 10.2 Å². The minimum atomic E-state index is -0.0639. The van der Waals surface area contributed by atoms with Gasteiger partial charge in [-0.15, -0.1) is 0 Å². The second-order valence-corrected chi connectivity index (χ2v) is 8.97. The quantitative estimate of drug-likeness (QED) is 0.336. The first-order valence-corrected chi connectivity index (χ1v) is 11.1. The molecule has 0 bridgehead atoms. The normalized spacial score (nSPS) is 11.1. The van der Waals surface area contributed by atoms with Crippen LogP contribution in [-0.4, -0.2) is 27.0 Å². The average Bonchev–Trinajstić information content (AvgIpc) is 3.38. The molecule has 29 heavy (non-hydrogen) atoms. The Bertz CT molecular complexity index is 1140. The molecule has 0 atom stereocenters. The van der Waals surface area contributed by atoms with Gasteiger partial charge in [-0.3, -0.25) is 9.69 Å². The summed E-state index contributed by atoms with van der Waals surface area (Å²) < 4.78 is 3.96. The zero-order valence-electron chi connectivity index (χ0n) is 15.7. The highest BCUT2D eigenvalue weighted by molar-refractivity contribution is 9.10. The Morgan fingerprint density at radius 2 is 2.03 bits per heavy atom. The Morgan fingerprint density at radius 1 is 1.24 bits per heavy atom. The number of hydrogen-bond acceptors (Lipinski definition) is 4. The van der Waals surface area contributed by atoms with Gasteiger partial charge in [0.25, 0.3) is 5.91 Å². The van der Waals surface area contributed by atoms with Crippen molar-refractivity contribution in [1.82, 2.24) is 14.5 Å². The molecule has 0 radical (unpaired) electrons.